The van der Waals surface area contributed by atoms with Gasteiger partial charge in [0.2, 0.25) is 5.91 Å². The highest BCUT2D eigenvalue weighted by Crippen LogP contribution is 2.36. The van der Waals surface area contributed by atoms with Crippen molar-refractivity contribution in [2.24, 2.45) is 5.92 Å². The molecule has 0 unspecified atom stereocenters. The molecule has 1 aliphatic carbocycles. The Bertz CT molecular complexity index is 977. The monoisotopic (exact) mass is 372 g/mol. The van der Waals surface area contributed by atoms with Crippen LogP contribution in [0, 0.1) is 5.92 Å². The summed E-state index contributed by atoms with van der Waals surface area (Å²) >= 11 is 0. The number of hydrogen-bond acceptors (Lipinski definition) is 3. The molecule has 1 saturated carbocycles. The van der Waals surface area contributed by atoms with E-state index in [0.29, 0.717) is 25.4 Å². The van der Waals surface area contributed by atoms with Crippen LogP contribution < -0.4 is 0 Å². The molecule has 1 aliphatic heterocycles. The summed E-state index contributed by atoms with van der Waals surface area (Å²) in [6, 6.07) is 12.5. The molecule has 0 N–H and O–H groups in total. The molecule has 1 fully saturated rings. The first kappa shape index (κ1) is 17.2. The van der Waals surface area contributed by atoms with E-state index in [-0.39, 0.29) is 11.8 Å². The third-order valence-corrected chi connectivity index (χ3v) is 5.84. The zero-order valence-electron chi connectivity index (χ0n) is 15.9. The molecule has 3 heterocycles. The van der Waals surface area contributed by atoms with Gasteiger partial charge in [0.05, 0.1) is 12.5 Å². The van der Waals surface area contributed by atoms with Crippen LogP contribution >= 0.6 is 0 Å². The Morgan fingerprint density at radius 2 is 2.00 bits per heavy atom. The van der Waals surface area contributed by atoms with Crippen LogP contribution in [0.1, 0.15) is 47.7 Å². The van der Waals surface area contributed by atoms with Crippen molar-refractivity contribution in [3.05, 3.63) is 83.7 Å². The van der Waals surface area contributed by atoms with Crippen LogP contribution in [-0.4, -0.2) is 31.9 Å². The molecule has 3 aromatic rings. The number of fused-ring (bicyclic) bond motifs is 1. The molecular weight excluding hydrogens is 348 g/mol. The number of nitrogens with zero attached hydrogens (tertiary/aromatic N) is 4. The van der Waals surface area contributed by atoms with Crippen LogP contribution in [0.25, 0.3) is 0 Å². The van der Waals surface area contributed by atoms with Gasteiger partial charge in [0.1, 0.15) is 5.82 Å². The van der Waals surface area contributed by atoms with Crippen molar-refractivity contribution < 1.29 is 4.79 Å². The van der Waals surface area contributed by atoms with Gasteiger partial charge in [-0.05, 0) is 41.5 Å². The maximum atomic E-state index is 12.8. The number of aromatic nitrogens is 3. The lowest BCUT2D eigenvalue weighted by atomic mass is 9.88. The number of carbonyl (C=O) groups excluding carboxylic acids is 1. The molecule has 1 aromatic carbocycles. The normalized spacial score (nSPS) is 18.7. The molecule has 5 rings (SSSR count). The van der Waals surface area contributed by atoms with E-state index in [2.05, 4.69) is 39.9 Å². The van der Waals surface area contributed by atoms with Crippen molar-refractivity contribution >= 4 is 5.91 Å². The summed E-state index contributed by atoms with van der Waals surface area (Å²) in [5.74, 6) is 2.00. The molecule has 0 radical (unpaired) electrons. The number of imidazole rings is 1. The van der Waals surface area contributed by atoms with Crippen LogP contribution in [0.4, 0.5) is 0 Å². The second-order valence-electron chi connectivity index (χ2n) is 7.95. The summed E-state index contributed by atoms with van der Waals surface area (Å²) in [6.45, 7) is 2.14. The summed E-state index contributed by atoms with van der Waals surface area (Å²) in [5, 5.41) is 0. The maximum absolute atomic E-state index is 12.8. The molecule has 0 saturated heterocycles. The zero-order valence-corrected chi connectivity index (χ0v) is 15.9. The minimum absolute atomic E-state index is 0.0970. The molecule has 142 valence electrons. The highest BCUT2D eigenvalue weighted by molar-refractivity contribution is 5.77. The van der Waals surface area contributed by atoms with E-state index in [1.807, 2.05) is 29.6 Å². The molecular formula is C23H24N4O. The number of pyridine rings is 1. The number of hydrogen-bond donors (Lipinski definition) is 0. The lowest BCUT2D eigenvalue weighted by Gasteiger charge is -2.35. The molecule has 1 atom stereocenters. The second-order valence-corrected chi connectivity index (χ2v) is 7.95. The molecule has 5 heteroatoms. The van der Waals surface area contributed by atoms with Crippen molar-refractivity contribution in [2.45, 2.75) is 38.3 Å². The topological polar surface area (TPSA) is 51.0 Å². The van der Waals surface area contributed by atoms with Crippen molar-refractivity contribution in [1.29, 1.82) is 0 Å². The molecule has 0 spiro atoms. The average Bonchev–Trinajstić information content (AvgIpc) is 3.43. The van der Waals surface area contributed by atoms with Crippen LogP contribution in [0.2, 0.25) is 0 Å². The van der Waals surface area contributed by atoms with Crippen molar-refractivity contribution in [2.75, 3.05) is 6.54 Å². The first-order valence-electron chi connectivity index (χ1n) is 10.0. The van der Waals surface area contributed by atoms with Gasteiger partial charge in [-0.25, -0.2) is 4.98 Å². The van der Waals surface area contributed by atoms with Crippen molar-refractivity contribution in [1.82, 2.24) is 19.4 Å². The molecule has 5 nitrogen and oxygen atoms in total. The Hall–Kier alpha value is -2.95. The number of benzene rings is 1. The molecule has 1 amide bonds. The SMILES string of the molecule is O=C(CC1CC1)N1Cc2ccccc2[C@@H](c2nccn2Cc2cccnc2)C1. The summed E-state index contributed by atoms with van der Waals surface area (Å²) in [6.07, 6.45) is 10.7. The Morgan fingerprint density at radius 1 is 1.11 bits per heavy atom. The van der Waals surface area contributed by atoms with Gasteiger partial charge >= 0.3 is 0 Å². The van der Waals surface area contributed by atoms with Gasteiger partial charge in [0.15, 0.2) is 0 Å². The largest absolute Gasteiger partial charge is 0.337 e. The third-order valence-electron chi connectivity index (χ3n) is 5.84. The van der Waals surface area contributed by atoms with Crippen LogP contribution in [0.15, 0.2) is 61.2 Å². The highest BCUT2D eigenvalue weighted by atomic mass is 16.2. The second kappa shape index (κ2) is 7.23. The lowest BCUT2D eigenvalue weighted by molar-refractivity contribution is -0.132. The van der Waals surface area contributed by atoms with Crippen LogP contribution in [0.5, 0.6) is 0 Å². The number of amides is 1. The Kier molecular flexibility index (Phi) is 4.43. The minimum Gasteiger partial charge on any atom is -0.337 e. The standard InChI is InChI=1S/C23H24N4O/c28-22(12-17-7-8-17)27-15-19-5-1-2-6-20(19)21(16-27)23-25-10-11-26(23)14-18-4-3-9-24-13-18/h1-6,9-11,13,17,21H,7-8,12,14-16H2/t21-/m0/s1. The van der Waals surface area contributed by atoms with Gasteiger partial charge in [-0.1, -0.05) is 30.3 Å². The Morgan fingerprint density at radius 3 is 2.82 bits per heavy atom. The highest BCUT2D eigenvalue weighted by Gasteiger charge is 2.33. The first-order valence-corrected chi connectivity index (χ1v) is 10.0. The third kappa shape index (κ3) is 3.44. The molecule has 0 bridgehead atoms. The fourth-order valence-electron chi connectivity index (χ4n) is 4.17. The molecule has 2 aliphatic rings. The average molecular weight is 372 g/mol. The maximum Gasteiger partial charge on any atom is 0.223 e. The zero-order chi connectivity index (χ0) is 18.9. The quantitative estimate of drug-likeness (QED) is 0.688. The predicted octanol–water partition coefficient (Wildman–Crippen LogP) is 3.60. The van der Waals surface area contributed by atoms with E-state index in [9.17, 15) is 4.79 Å². The van der Waals surface area contributed by atoms with Gasteiger partial charge < -0.3 is 9.47 Å². The van der Waals surface area contributed by atoms with Gasteiger partial charge in [-0.15, -0.1) is 0 Å². The minimum atomic E-state index is 0.0970. The number of carbonyl (C=O) groups is 1. The Labute approximate surface area is 165 Å². The van der Waals surface area contributed by atoms with Crippen molar-refractivity contribution in [3.8, 4) is 0 Å². The van der Waals surface area contributed by atoms with Crippen LogP contribution in [0.3, 0.4) is 0 Å². The summed E-state index contributed by atoms with van der Waals surface area (Å²) < 4.78 is 2.19. The van der Waals surface area contributed by atoms with Gasteiger partial charge in [0, 0.05) is 44.3 Å². The van der Waals surface area contributed by atoms with E-state index in [1.165, 1.54) is 24.0 Å². The van der Waals surface area contributed by atoms with E-state index in [0.717, 1.165) is 17.9 Å². The van der Waals surface area contributed by atoms with E-state index in [4.69, 9.17) is 4.98 Å². The number of rotatable bonds is 5. The van der Waals surface area contributed by atoms with E-state index < -0.39 is 0 Å². The fraction of sp³-hybridized carbons (Fsp3) is 0.348. The summed E-state index contributed by atoms with van der Waals surface area (Å²) in [5.41, 5.74) is 3.67. The van der Waals surface area contributed by atoms with Gasteiger partial charge in [-0.3, -0.25) is 9.78 Å². The predicted molar refractivity (Wildman–Crippen MR) is 107 cm³/mol. The van der Waals surface area contributed by atoms with Gasteiger partial charge in [0.25, 0.3) is 0 Å². The molecule has 2 aromatic heterocycles. The fourth-order valence-corrected chi connectivity index (χ4v) is 4.17. The lowest BCUT2D eigenvalue weighted by Crippen LogP contribution is -2.39. The van der Waals surface area contributed by atoms with E-state index in [1.54, 1.807) is 6.20 Å². The van der Waals surface area contributed by atoms with Crippen LogP contribution in [-0.2, 0) is 17.9 Å². The molecule has 28 heavy (non-hydrogen) atoms. The smallest absolute Gasteiger partial charge is 0.223 e. The Balaban J connectivity index is 1.46. The van der Waals surface area contributed by atoms with Gasteiger partial charge in [-0.2, -0.15) is 0 Å². The summed E-state index contributed by atoms with van der Waals surface area (Å²) in [4.78, 5) is 23.8. The van der Waals surface area contributed by atoms with E-state index >= 15 is 0 Å². The first-order chi connectivity index (χ1) is 13.8. The van der Waals surface area contributed by atoms with Crippen molar-refractivity contribution in [3.63, 3.8) is 0 Å². The summed E-state index contributed by atoms with van der Waals surface area (Å²) in [7, 11) is 0.